The molecule has 1 aliphatic heterocycles. The first-order chi connectivity index (χ1) is 14.8. The molecule has 0 bridgehead atoms. The maximum absolute atomic E-state index is 13.5. The van der Waals surface area contributed by atoms with Crippen LogP contribution in [0, 0.1) is 11.3 Å². The van der Waals surface area contributed by atoms with Crippen LogP contribution in [0.2, 0.25) is 4.31 Å². The van der Waals surface area contributed by atoms with Gasteiger partial charge < -0.3 is 0 Å². The SMILES string of the molecule is CCOC(=O)C[C@@]1([Se]c2ccccc2)CCCN(S(=O)(=O)c2ccc(Br)cc2)[C@H]1C#N. The van der Waals surface area contributed by atoms with Gasteiger partial charge in [0, 0.05) is 0 Å². The second kappa shape index (κ2) is 10.3. The normalized spacial score (nSPS) is 21.9. The first kappa shape index (κ1) is 24.0. The van der Waals surface area contributed by atoms with Crippen molar-refractivity contribution < 1.29 is 17.9 Å². The van der Waals surface area contributed by atoms with E-state index in [4.69, 9.17) is 4.74 Å². The molecule has 0 spiro atoms. The van der Waals surface area contributed by atoms with Crippen molar-refractivity contribution in [3.63, 3.8) is 0 Å². The molecule has 9 heteroatoms. The standard InChI is InChI=1S/C22H23BrN2O4SSe/c1-2-29-21(26)15-22(31-19-7-4-3-5-8-19)13-6-14-25(20(22)16-24)30(27,28)18-11-9-17(23)10-12-18/h3-5,7-12,20H,2,6,13-15H2,1H3/t20-,22-/m0/s1. The van der Waals surface area contributed by atoms with Crippen LogP contribution in [0.15, 0.2) is 64.0 Å². The summed E-state index contributed by atoms with van der Waals surface area (Å²) in [7, 11) is -3.90. The number of carbonyl (C=O) groups is 1. The van der Waals surface area contributed by atoms with Gasteiger partial charge in [-0.05, 0) is 0 Å². The molecule has 2 aromatic rings. The summed E-state index contributed by atoms with van der Waals surface area (Å²) in [5, 5.41) is 10.2. The van der Waals surface area contributed by atoms with Gasteiger partial charge in [-0.25, -0.2) is 0 Å². The summed E-state index contributed by atoms with van der Waals surface area (Å²) >= 11 is 3.01. The van der Waals surface area contributed by atoms with E-state index < -0.39 is 26.3 Å². The average molecular weight is 570 g/mol. The summed E-state index contributed by atoms with van der Waals surface area (Å²) < 4.78 is 34.4. The van der Waals surface area contributed by atoms with Gasteiger partial charge in [0.1, 0.15) is 0 Å². The third kappa shape index (κ3) is 5.39. The van der Waals surface area contributed by atoms with E-state index in [0.717, 1.165) is 8.93 Å². The van der Waals surface area contributed by atoms with Crippen LogP contribution in [-0.2, 0) is 19.6 Å². The summed E-state index contributed by atoms with van der Waals surface area (Å²) in [6, 6.07) is 17.3. The van der Waals surface area contributed by atoms with E-state index in [1.54, 1.807) is 19.1 Å². The van der Waals surface area contributed by atoms with Gasteiger partial charge >= 0.3 is 199 Å². The fourth-order valence-electron chi connectivity index (χ4n) is 3.75. The molecule has 1 heterocycles. The van der Waals surface area contributed by atoms with Crippen LogP contribution >= 0.6 is 15.9 Å². The second-order valence-electron chi connectivity index (χ2n) is 7.17. The molecule has 0 N–H and O–H groups in total. The molecule has 3 rings (SSSR count). The Labute approximate surface area is 197 Å². The number of carbonyl (C=O) groups excluding carboxylic acids is 1. The van der Waals surface area contributed by atoms with Crippen LogP contribution in [0.5, 0.6) is 0 Å². The molecular formula is C22H23BrN2O4SSe. The van der Waals surface area contributed by atoms with Gasteiger partial charge in [0.2, 0.25) is 0 Å². The number of nitriles is 1. The zero-order valence-corrected chi connectivity index (χ0v) is 21.1. The molecule has 1 saturated heterocycles. The zero-order chi connectivity index (χ0) is 22.5. The molecule has 2 atom stereocenters. The Morgan fingerprint density at radius 2 is 1.94 bits per heavy atom. The first-order valence-electron chi connectivity index (χ1n) is 9.89. The first-order valence-corrected chi connectivity index (χ1v) is 13.8. The quantitative estimate of drug-likeness (QED) is 0.377. The Morgan fingerprint density at radius 3 is 2.55 bits per heavy atom. The van der Waals surface area contributed by atoms with Crippen LogP contribution in [0.4, 0.5) is 0 Å². The van der Waals surface area contributed by atoms with Crippen molar-refractivity contribution in [2.24, 2.45) is 0 Å². The molecule has 31 heavy (non-hydrogen) atoms. The van der Waals surface area contributed by atoms with Crippen LogP contribution in [0.25, 0.3) is 0 Å². The van der Waals surface area contributed by atoms with E-state index in [-0.39, 0.29) is 39.4 Å². The van der Waals surface area contributed by atoms with Crippen LogP contribution in [-0.4, -0.2) is 52.8 Å². The molecule has 0 aliphatic carbocycles. The van der Waals surface area contributed by atoms with Gasteiger partial charge in [0.05, 0.1) is 0 Å². The number of ether oxygens (including phenoxy) is 1. The van der Waals surface area contributed by atoms with Gasteiger partial charge in [-0.15, -0.1) is 0 Å². The van der Waals surface area contributed by atoms with Crippen molar-refractivity contribution in [3.05, 3.63) is 59.1 Å². The minimum absolute atomic E-state index is 0.0142. The third-order valence-electron chi connectivity index (χ3n) is 5.12. The minimum atomic E-state index is -3.90. The molecule has 0 unspecified atom stereocenters. The zero-order valence-electron chi connectivity index (χ0n) is 17.0. The summed E-state index contributed by atoms with van der Waals surface area (Å²) in [6.07, 6.45) is 1.17. The van der Waals surface area contributed by atoms with Crippen molar-refractivity contribution in [2.45, 2.75) is 41.4 Å². The number of nitrogens with zero attached hydrogens (tertiary/aromatic N) is 2. The Hall–Kier alpha value is -1.69. The van der Waals surface area contributed by atoms with Crippen molar-refractivity contribution in [2.75, 3.05) is 13.2 Å². The van der Waals surface area contributed by atoms with Gasteiger partial charge in [-0.3, -0.25) is 0 Å². The van der Waals surface area contributed by atoms with Crippen molar-refractivity contribution >= 4 is 51.3 Å². The second-order valence-corrected chi connectivity index (χ2v) is 13.1. The molecule has 0 radical (unpaired) electrons. The fraction of sp³-hybridized carbons (Fsp3) is 0.364. The van der Waals surface area contributed by atoms with E-state index in [2.05, 4.69) is 22.0 Å². The van der Waals surface area contributed by atoms with Gasteiger partial charge in [0.25, 0.3) is 0 Å². The Balaban J connectivity index is 2.04. The predicted molar refractivity (Wildman–Crippen MR) is 122 cm³/mol. The molecule has 0 amide bonds. The molecule has 2 aromatic carbocycles. The Bertz CT molecular complexity index is 1060. The van der Waals surface area contributed by atoms with Gasteiger partial charge in [-0.2, -0.15) is 0 Å². The number of hydrogen-bond acceptors (Lipinski definition) is 5. The molecule has 1 fully saturated rings. The molecule has 0 saturated carbocycles. The molecule has 0 aromatic heterocycles. The maximum atomic E-state index is 13.5. The van der Waals surface area contributed by atoms with Crippen molar-refractivity contribution in [3.8, 4) is 6.07 Å². The van der Waals surface area contributed by atoms with Crippen LogP contribution in [0.1, 0.15) is 26.2 Å². The molecule has 6 nitrogen and oxygen atoms in total. The van der Waals surface area contributed by atoms with Gasteiger partial charge in [0.15, 0.2) is 0 Å². The van der Waals surface area contributed by atoms with E-state index in [0.29, 0.717) is 12.8 Å². The predicted octanol–water partition coefficient (Wildman–Crippen LogP) is 3.27. The monoisotopic (exact) mass is 570 g/mol. The van der Waals surface area contributed by atoms with Crippen molar-refractivity contribution in [1.29, 1.82) is 5.26 Å². The van der Waals surface area contributed by atoms with Crippen LogP contribution in [0.3, 0.4) is 0 Å². The molecule has 1 aliphatic rings. The summed E-state index contributed by atoms with van der Waals surface area (Å²) in [5.74, 6) is -0.400. The van der Waals surface area contributed by atoms with E-state index in [9.17, 15) is 18.5 Å². The summed E-state index contributed by atoms with van der Waals surface area (Å²) in [5.41, 5.74) is 0. The fourth-order valence-corrected chi connectivity index (χ4v) is 8.94. The van der Waals surface area contributed by atoms with E-state index in [1.807, 2.05) is 30.3 Å². The Kier molecular flexibility index (Phi) is 7.95. The number of piperidine rings is 1. The number of halogens is 1. The number of esters is 1. The third-order valence-corrected chi connectivity index (χ3v) is 10.6. The number of benzene rings is 2. The van der Waals surface area contributed by atoms with Crippen molar-refractivity contribution in [1.82, 2.24) is 4.31 Å². The van der Waals surface area contributed by atoms with Gasteiger partial charge in [-0.1, -0.05) is 0 Å². The van der Waals surface area contributed by atoms with E-state index in [1.165, 1.54) is 16.4 Å². The molecule has 164 valence electrons. The number of sulfonamides is 1. The summed E-state index contributed by atoms with van der Waals surface area (Å²) in [4.78, 5) is 12.7. The summed E-state index contributed by atoms with van der Waals surface area (Å²) in [6.45, 7) is 2.22. The van der Waals surface area contributed by atoms with Crippen LogP contribution < -0.4 is 4.46 Å². The molecular weight excluding hydrogens is 547 g/mol. The van der Waals surface area contributed by atoms with E-state index >= 15 is 0 Å². The number of hydrogen-bond donors (Lipinski definition) is 0. The number of rotatable bonds is 7. The Morgan fingerprint density at radius 1 is 1.26 bits per heavy atom. The average Bonchev–Trinajstić information content (AvgIpc) is 2.74. The topological polar surface area (TPSA) is 87.5 Å².